The molecule has 1 heterocycles. The van der Waals surface area contributed by atoms with Crippen LogP contribution < -0.4 is 5.32 Å². The molecule has 6 heteroatoms. The molecule has 2 aromatic carbocycles. The zero-order chi connectivity index (χ0) is 17.6. The molecule has 0 saturated heterocycles. The number of amides is 1. The number of carbonyl (C=O) groups excluding carboxylic acids is 1. The van der Waals surface area contributed by atoms with E-state index >= 15 is 0 Å². The van der Waals surface area contributed by atoms with Gasteiger partial charge in [0.25, 0.3) is 5.91 Å². The highest BCUT2D eigenvalue weighted by Crippen LogP contribution is 2.27. The first-order valence-corrected chi connectivity index (χ1v) is 8.99. The van der Waals surface area contributed by atoms with Crippen LogP contribution in [0.5, 0.6) is 0 Å². The Kier molecular flexibility index (Phi) is 5.30. The minimum atomic E-state index is -0.234. The van der Waals surface area contributed by atoms with Gasteiger partial charge in [-0.15, -0.1) is 11.8 Å². The molecule has 25 heavy (non-hydrogen) atoms. The Morgan fingerprint density at radius 1 is 1.16 bits per heavy atom. The van der Waals surface area contributed by atoms with Crippen molar-refractivity contribution in [2.24, 2.45) is 4.99 Å². The van der Waals surface area contributed by atoms with Crippen molar-refractivity contribution in [3.8, 4) is 0 Å². The summed E-state index contributed by atoms with van der Waals surface area (Å²) >= 11 is 1.40. The van der Waals surface area contributed by atoms with E-state index in [1.807, 2.05) is 67.8 Å². The molecule has 0 bridgehead atoms. The van der Waals surface area contributed by atoms with Gasteiger partial charge in [0.05, 0.1) is 0 Å². The Labute approximate surface area is 150 Å². The number of benzene rings is 2. The first kappa shape index (κ1) is 17.0. The van der Waals surface area contributed by atoms with E-state index in [0.717, 1.165) is 16.8 Å². The van der Waals surface area contributed by atoms with Gasteiger partial charge in [-0.3, -0.25) is 9.89 Å². The molecule has 0 unspecified atom stereocenters. The smallest absolute Gasteiger partial charge is 0.262 e. The number of aryl methyl sites for hydroxylation is 1. The van der Waals surface area contributed by atoms with Crippen molar-refractivity contribution in [3.63, 3.8) is 0 Å². The maximum Gasteiger partial charge on any atom is 0.262 e. The predicted octanol–water partition coefficient (Wildman–Crippen LogP) is 4.44. The summed E-state index contributed by atoms with van der Waals surface area (Å²) in [5, 5.41) is 10.5. The molecule has 0 spiro atoms. The molecule has 126 valence electrons. The van der Waals surface area contributed by atoms with Crippen LogP contribution in [0, 0.1) is 6.92 Å². The quantitative estimate of drug-likeness (QED) is 0.528. The molecule has 3 aromatic rings. The van der Waals surface area contributed by atoms with Gasteiger partial charge in [0.2, 0.25) is 0 Å². The molecule has 0 aliphatic carbocycles. The third-order valence-electron chi connectivity index (χ3n) is 3.59. The number of thioether (sulfide) groups is 1. The van der Waals surface area contributed by atoms with Crippen molar-refractivity contribution in [2.75, 3.05) is 11.6 Å². The van der Waals surface area contributed by atoms with Crippen molar-refractivity contribution in [3.05, 3.63) is 71.3 Å². The monoisotopic (exact) mass is 350 g/mol. The summed E-state index contributed by atoms with van der Waals surface area (Å²) in [6.07, 6.45) is 3.59. The van der Waals surface area contributed by atoms with Gasteiger partial charge in [0.1, 0.15) is 10.6 Å². The first-order chi connectivity index (χ1) is 12.2. The fraction of sp³-hybridized carbons (Fsp3) is 0.105. The van der Waals surface area contributed by atoms with Crippen molar-refractivity contribution in [2.45, 2.75) is 11.9 Å². The summed E-state index contributed by atoms with van der Waals surface area (Å²) in [6, 6.07) is 17.4. The summed E-state index contributed by atoms with van der Waals surface area (Å²) < 4.78 is 0. The fourth-order valence-electron chi connectivity index (χ4n) is 2.27. The van der Waals surface area contributed by atoms with Crippen LogP contribution in [0.2, 0.25) is 0 Å². The summed E-state index contributed by atoms with van der Waals surface area (Å²) in [6.45, 7) is 2.00. The van der Waals surface area contributed by atoms with Crippen LogP contribution in [0.1, 0.15) is 21.5 Å². The molecule has 0 atom stereocenters. The fourth-order valence-corrected chi connectivity index (χ4v) is 2.80. The molecule has 0 radical (unpaired) electrons. The number of aromatic nitrogens is 2. The highest BCUT2D eigenvalue weighted by atomic mass is 32.2. The van der Waals surface area contributed by atoms with Crippen LogP contribution in [0.4, 0.5) is 11.5 Å². The molecule has 0 aliphatic heterocycles. The lowest BCUT2D eigenvalue weighted by Gasteiger charge is -2.06. The number of aromatic amines is 1. The van der Waals surface area contributed by atoms with Crippen LogP contribution >= 0.6 is 11.8 Å². The van der Waals surface area contributed by atoms with Crippen molar-refractivity contribution in [1.29, 1.82) is 0 Å². The second-order valence-corrected chi connectivity index (χ2v) is 6.24. The van der Waals surface area contributed by atoms with Gasteiger partial charge < -0.3 is 5.32 Å². The Balaban J connectivity index is 1.86. The lowest BCUT2D eigenvalue weighted by Crippen LogP contribution is -2.12. The number of hydrogen-bond acceptors (Lipinski definition) is 4. The second kappa shape index (κ2) is 7.81. The van der Waals surface area contributed by atoms with E-state index in [1.165, 1.54) is 11.8 Å². The van der Waals surface area contributed by atoms with Crippen LogP contribution in [-0.2, 0) is 0 Å². The number of anilines is 1. The third-order valence-corrected chi connectivity index (χ3v) is 4.27. The number of carbonyl (C=O) groups is 1. The Morgan fingerprint density at radius 2 is 1.88 bits per heavy atom. The van der Waals surface area contributed by atoms with E-state index in [9.17, 15) is 4.79 Å². The van der Waals surface area contributed by atoms with E-state index in [-0.39, 0.29) is 5.91 Å². The van der Waals surface area contributed by atoms with Crippen molar-refractivity contribution >= 4 is 35.4 Å². The highest BCUT2D eigenvalue weighted by Gasteiger charge is 2.20. The largest absolute Gasteiger partial charge is 0.322 e. The predicted molar refractivity (Wildman–Crippen MR) is 103 cm³/mol. The molecule has 5 nitrogen and oxygen atoms in total. The molecule has 1 aromatic heterocycles. The maximum atomic E-state index is 12.7. The van der Waals surface area contributed by atoms with E-state index in [1.54, 1.807) is 6.21 Å². The lowest BCUT2D eigenvalue weighted by molar-refractivity contribution is 0.102. The van der Waals surface area contributed by atoms with Gasteiger partial charge in [0.15, 0.2) is 5.82 Å². The van der Waals surface area contributed by atoms with Gasteiger partial charge in [0, 0.05) is 11.9 Å². The molecule has 0 fully saturated rings. The van der Waals surface area contributed by atoms with E-state index in [2.05, 4.69) is 20.5 Å². The molecule has 0 aliphatic rings. The van der Waals surface area contributed by atoms with Crippen LogP contribution in [0.15, 0.2) is 64.6 Å². The Hall–Kier alpha value is -2.86. The number of hydrogen-bond donors (Lipinski definition) is 2. The summed E-state index contributed by atoms with van der Waals surface area (Å²) in [4.78, 5) is 17.1. The lowest BCUT2D eigenvalue weighted by atomic mass is 10.2. The number of nitrogens with one attached hydrogen (secondary N) is 2. The standard InChI is InChI=1S/C19H18N4OS/c1-13-8-10-15(11-9-13)21-18(24)16-17(22-23-19(16)25-2)20-12-14-6-4-3-5-7-14/h3-12H,1-2H3,(H,21,24)(H,22,23)/b20-12-. The summed E-state index contributed by atoms with van der Waals surface area (Å²) in [7, 11) is 0. The highest BCUT2D eigenvalue weighted by molar-refractivity contribution is 7.98. The minimum absolute atomic E-state index is 0.234. The zero-order valence-electron chi connectivity index (χ0n) is 14.0. The zero-order valence-corrected chi connectivity index (χ0v) is 14.8. The van der Waals surface area contributed by atoms with Gasteiger partial charge in [-0.2, -0.15) is 5.10 Å². The molecule has 2 N–H and O–H groups in total. The van der Waals surface area contributed by atoms with E-state index in [4.69, 9.17) is 0 Å². The molecular formula is C19H18N4OS. The third kappa shape index (κ3) is 4.16. The number of aliphatic imine (C=N–C) groups is 1. The second-order valence-electron chi connectivity index (χ2n) is 5.45. The number of rotatable bonds is 5. The SMILES string of the molecule is CSc1n[nH]c(/N=C\c2ccccc2)c1C(=O)Nc1ccc(C)cc1. The normalized spacial score (nSPS) is 11.0. The maximum absolute atomic E-state index is 12.7. The molecule has 1 amide bonds. The number of H-pyrrole nitrogens is 1. The average Bonchev–Trinajstić information content (AvgIpc) is 3.06. The van der Waals surface area contributed by atoms with Gasteiger partial charge >= 0.3 is 0 Å². The number of nitrogens with zero attached hydrogens (tertiary/aromatic N) is 2. The topological polar surface area (TPSA) is 70.1 Å². The van der Waals surface area contributed by atoms with Crippen molar-refractivity contribution in [1.82, 2.24) is 10.2 Å². The summed E-state index contributed by atoms with van der Waals surface area (Å²) in [5.41, 5.74) is 3.27. The van der Waals surface area contributed by atoms with Crippen LogP contribution in [0.25, 0.3) is 0 Å². The van der Waals surface area contributed by atoms with Gasteiger partial charge in [-0.1, -0.05) is 48.0 Å². The average molecular weight is 350 g/mol. The van der Waals surface area contributed by atoms with E-state index in [0.29, 0.717) is 16.4 Å². The first-order valence-electron chi connectivity index (χ1n) is 7.77. The summed E-state index contributed by atoms with van der Waals surface area (Å²) in [5.74, 6) is 0.208. The van der Waals surface area contributed by atoms with E-state index < -0.39 is 0 Å². The Bertz CT molecular complexity index is 886. The van der Waals surface area contributed by atoms with Crippen molar-refractivity contribution < 1.29 is 4.79 Å². The molecular weight excluding hydrogens is 332 g/mol. The minimum Gasteiger partial charge on any atom is -0.322 e. The molecule has 3 rings (SSSR count). The van der Waals surface area contributed by atoms with Crippen LogP contribution in [-0.4, -0.2) is 28.6 Å². The molecule has 0 saturated carbocycles. The van der Waals surface area contributed by atoms with Gasteiger partial charge in [-0.05, 0) is 30.9 Å². The Morgan fingerprint density at radius 3 is 2.56 bits per heavy atom. The van der Waals surface area contributed by atoms with Crippen LogP contribution in [0.3, 0.4) is 0 Å². The van der Waals surface area contributed by atoms with Gasteiger partial charge in [-0.25, -0.2) is 4.99 Å².